The lowest BCUT2D eigenvalue weighted by molar-refractivity contribution is 0.0954. The van der Waals surface area contributed by atoms with Gasteiger partial charge in [0, 0.05) is 5.02 Å². The number of rotatable bonds is 2. The Morgan fingerprint density at radius 2 is 2.17 bits per heavy atom. The van der Waals surface area contributed by atoms with Gasteiger partial charge in [0.2, 0.25) is 0 Å². The van der Waals surface area contributed by atoms with E-state index in [-0.39, 0.29) is 10.6 Å². The zero-order chi connectivity index (χ0) is 9.14. The number of alkyl halides is 1. The van der Waals surface area contributed by atoms with E-state index in [0.717, 1.165) is 12.1 Å². The van der Waals surface area contributed by atoms with Gasteiger partial charge in [-0.2, -0.15) is 0 Å². The Kier molecular flexibility index (Phi) is 2.76. The smallest absolute Gasteiger partial charge is 0.196 e. The Balaban J connectivity index is 3.13. The second-order valence-corrected chi connectivity index (χ2v) is 2.62. The minimum absolute atomic E-state index is 0.216. The predicted molar refractivity (Wildman–Crippen MR) is 41.7 cm³/mol. The number of ketones is 1. The Morgan fingerprint density at radius 1 is 1.50 bits per heavy atom. The molecule has 64 valence electrons. The van der Waals surface area contributed by atoms with Crippen LogP contribution in [0.25, 0.3) is 0 Å². The largest absolute Gasteiger partial charge is 0.291 e. The van der Waals surface area contributed by atoms with E-state index < -0.39 is 18.3 Å². The molecule has 0 N–H and O–H groups in total. The van der Waals surface area contributed by atoms with Crippen molar-refractivity contribution in [2.24, 2.45) is 0 Å². The van der Waals surface area contributed by atoms with Crippen LogP contribution in [-0.4, -0.2) is 12.5 Å². The van der Waals surface area contributed by atoms with E-state index in [4.69, 9.17) is 11.6 Å². The fourth-order valence-corrected chi connectivity index (χ4v) is 0.955. The fraction of sp³-hybridized carbons (Fsp3) is 0.125. The van der Waals surface area contributed by atoms with Crippen molar-refractivity contribution in [1.82, 2.24) is 0 Å². The molecule has 1 rings (SSSR count). The molecule has 0 aliphatic heterocycles. The molecule has 0 saturated carbocycles. The zero-order valence-electron chi connectivity index (χ0n) is 5.98. The number of carbonyl (C=O) groups excluding carboxylic acids is 1. The number of halogens is 3. The van der Waals surface area contributed by atoms with Crippen LogP contribution in [0, 0.1) is 5.82 Å². The SMILES string of the molecule is O=C(CF)c1cc(Cl)ccc1F. The van der Waals surface area contributed by atoms with Crippen LogP contribution in [0.15, 0.2) is 18.2 Å². The highest BCUT2D eigenvalue weighted by Crippen LogP contribution is 2.15. The van der Waals surface area contributed by atoms with Crippen LogP contribution in [0.2, 0.25) is 5.02 Å². The van der Waals surface area contributed by atoms with Crippen LogP contribution in [0.3, 0.4) is 0 Å². The second-order valence-electron chi connectivity index (χ2n) is 2.18. The number of carbonyl (C=O) groups is 1. The van der Waals surface area contributed by atoms with Gasteiger partial charge in [0.1, 0.15) is 5.82 Å². The van der Waals surface area contributed by atoms with Crippen LogP contribution in [-0.2, 0) is 0 Å². The van der Waals surface area contributed by atoms with E-state index in [1.165, 1.54) is 6.07 Å². The lowest BCUT2D eigenvalue weighted by Crippen LogP contribution is -2.03. The average molecular weight is 191 g/mol. The topological polar surface area (TPSA) is 17.1 Å². The molecule has 0 aliphatic rings. The fourth-order valence-electron chi connectivity index (χ4n) is 0.783. The van der Waals surface area contributed by atoms with Gasteiger partial charge in [-0.05, 0) is 18.2 Å². The summed E-state index contributed by atoms with van der Waals surface area (Å²) in [5.41, 5.74) is -0.301. The molecule has 0 spiro atoms. The molecule has 4 heteroatoms. The minimum atomic E-state index is -1.21. The quantitative estimate of drug-likeness (QED) is 0.656. The van der Waals surface area contributed by atoms with Gasteiger partial charge in [0.05, 0.1) is 5.56 Å². The summed E-state index contributed by atoms with van der Waals surface area (Å²) >= 11 is 5.48. The molecule has 0 heterocycles. The highest BCUT2D eigenvalue weighted by Gasteiger charge is 2.10. The van der Waals surface area contributed by atoms with Crippen molar-refractivity contribution in [2.45, 2.75) is 0 Å². The van der Waals surface area contributed by atoms with E-state index in [1.54, 1.807) is 0 Å². The average Bonchev–Trinajstić information content (AvgIpc) is 2.08. The molecule has 0 unspecified atom stereocenters. The van der Waals surface area contributed by atoms with E-state index in [2.05, 4.69) is 0 Å². The lowest BCUT2D eigenvalue weighted by atomic mass is 10.1. The summed E-state index contributed by atoms with van der Waals surface area (Å²) in [6, 6.07) is 3.44. The molecule has 1 aromatic rings. The molecule has 1 nitrogen and oxygen atoms in total. The number of benzene rings is 1. The van der Waals surface area contributed by atoms with Crippen molar-refractivity contribution in [3.05, 3.63) is 34.6 Å². The van der Waals surface area contributed by atoms with Gasteiger partial charge < -0.3 is 0 Å². The molecule has 0 radical (unpaired) electrons. The van der Waals surface area contributed by atoms with Gasteiger partial charge in [-0.3, -0.25) is 4.79 Å². The van der Waals surface area contributed by atoms with E-state index >= 15 is 0 Å². The predicted octanol–water partition coefficient (Wildman–Crippen LogP) is 2.63. The van der Waals surface area contributed by atoms with Crippen molar-refractivity contribution >= 4 is 17.4 Å². The molecule has 0 saturated heterocycles. The molecular formula is C8H5ClF2O. The number of Topliss-reactive ketones (excluding diaryl/α,β-unsaturated/α-hetero) is 1. The molecule has 0 amide bonds. The van der Waals surface area contributed by atoms with Crippen molar-refractivity contribution in [1.29, 1.82) is 0 Å². The number of hydrogen-bond donors (Lipinski definition) is 0. The summed E-state index contributed by atoms with van der Waals surface area (Å²) in [4.78, 5) is 10.7. The maximum atomic E-state index is 12.8. The van der Waals surface area contributed by atoms with Crippen molar-refractivity contribution < 1.29 is 13.6 Å². The third kappa shape index (κ3) is 1.80. The van der Waals surface area contributed by atoms with Gasteiger partial charge in [-0.25, -0.2) is 8.78 Å². The van der Waals surface area contributed by atoms with Crippen LogP contribution < -0.4 is 0 Å². The van der Waals surface area contributed by atoms with E-state index in [1.807, 2.05) is 0 Å². The van der Waals surface area contributed by atoms with Crippen molar-refractivity contribution in [3.63, 3.8) is 0 Å². The Hall–Kier alpha value is -0.960. The first-order valence-electron chi connectivity index (χ1n) is 3.19. The standard InChI is InChI=1S/C8H5ClF2O/c9-5-1-2-7(11)6(3-5)8(12)4-10/h1-3H,4H2. The third-order valence-electron chi connectivity index (χ3n) is 1.35. The van der Waals surface area contributed by atoms with E-state index in [0.29, 0.717) is 0 Å². The summed E-state index contributed by atoms with van der Waals surface area (Å²) in [7, 11) is 0. The summed E-state index contributed by atoms with van der Waals surface area (Å²) in [6.07, 6.45) is 0. The van der Waals surface area contributed by atoms with Gasteiger partial charge in [-0.1, -0.05) is 11.6 Å². The number of hydrogen-bond acceptors (Lipinski definition) is 1. The van der Waals surface area contributed by atoms with Gasteiger partial charge in [0.15, 0.2) is 12.5 Å². The molecule has 0 fully saturated rings. The zero-order valence-corrected chi connectivity index (χ0v) is 6.74. The first-order chi connectivity index (χ1) is 5.65. The summed E-state index contributed by atoms with van der Waals surface area (Å²) in [5.74, 6) is -1.64. The van der Waals surface area contributed by atoms with Crippen LogP contribution in [0.5, 0.6) is 0 Å². The normalized spacial score (nSPS) is 9.92. The van der Waals surface area contributed by atoms with Gasteiger partial charge >= 0.3 is 0 Å². The first-order valence-corrected chi connectivity index (χ1v) is 3.57. The summed E-state index contributed by atoms with van der Waals surface area (Å²) in [6.45, 7) is -1.21. The molecule has 0 aromatic heterocycles. The molecule has 0 atom stereocenters. The minimum Gasteiger partial charge on any atom is -0.291 e. The first kappa shape index (κ1) is 9.13. The van der Waals surface area contributed by atoms with Crippen molar-refractivity contribution in [3.8, 4) is 0 Å². The van der Waals surface area contributed by atoms with Gasteiger partial charge in [-0.15, -0.1) is 0 Å². The summed E-state index contributed by atoms with van der Waals surface area (Å²) in [5, 5.41) is 0.216. The molecule has 0 aliphatic carbocycles. The van der Waals surface area contributed by atoms with Crippen molar-refractivity contribution in [2.75, 3.05) is 6.67 Å². The Morgan fingerprint density at radius 3 is 2.75 bits per heavy atom. The second kappa shape index (κ2) is 3.63. The monoisotopic (exact) mass is 190 g/mol. The van der Waals surface area contributed by atoms with Crippen LogP contribution in [0.1, 0.15) is 10.4 Å². The maximum absolute atomic E-state index is 12.8. The highest BCUT2D eigenvalue weighted by atomic mass is 35.5. The molecule has 12 heavy (non-hydrogen) atoms. The lowest BCUT2D eigenvalue weighted by Gasteiger charge is -1.98. The maximum Gasteiger partial charge on any atom is 0.196 e. The van der Waals surface area contributed by atoms with Crippen LogP contribution >= 0.6 is 11.6 Å². The highest BCUT2D eigenvalue weighted by molar-refractivity contribution is 6.31. The Bertz CT molecular complexity index is 312. The third-order valence-corrected chi connectivity index (χ3v) is 1.59. The molecule has 1 aromatic carbocycles. The van der Waals surface area contributed by atoms with Gasteiger partial charge in [0.25, 0.3) is 0 Å². The molecular weight excluding hydrogens is 186 g/mol. The Labute approximate surface area is 73.0 Å². The van der Waals surface area contributed by atoms with E-state index in [9.17, 15) is 13.6 Å². The van der Waals surface area contributed by atoms with Crippen LogP contribution in [0.4, 0.5) is 8.78 Å². The molecule has 0 bridgehead atoms. The summed E-state index contributed by atoms with van der Waals surface area (Å²) < 4.78 is 24.6.